The number of pyridine rings is 1. The number of aryl methyl sites for hydroxylation is 1. The highest BCUT2D eigenvalue weighted by atomic mass is 127. The highest BCUT2D eigenvalue weighted by molar-refractivity contribution is 14.0. The van der Waals surface area contributed by atoms with Crippen LogP contribution in [0.15, 0.2) is 47.7 Å². The van der Waals surface area contributed by atoms with Crippen LogP contribution in [0, 0.1) is 6.92 Å². The summed E-state index contributed by atoms with van der Waals surface area (Å²) < 4.78 is 5.44. The zero-order valence-electron chi connectivity index (χ0n) is 18.2. The predicted molar refractivity (Wildman–Crippen MR) is 134 cm³/mol. The monoisotopic (exact) mass is 523 g/mol. The molecule has 0 amide bonds. The number of rotatable bonds is 8. The van der Waals surface area contributed by atoms with Crippen LogP contribution in [0.4, 0.5) is 0 Å². The molecule has 1 atom stereocenters. The standard InChI is InChI=1S/C23H33N5O.HI/c1-18-16-25-11-9-19(18)10-12-26-23(24-2)27-17-22(28-13-4-5-14-28)20-7-6-8-21(15-20)29-3;/h6-9,11,15-16,22H,4-5,10,12-14,17H2,1-3H3,(H2,24,26,27);1H. The molecule has 2 N–H and O–H groups in total. The topological polar surface area (TPSA) is 61.8 Å². The van der Waals surface area contributed by atoms with E-state index in [1.165, 1.54) is 29.5 Å². The van der Waals surface area contributed by atoms with Gasteiger partial charge in [0.2, 0.25) is 0 Å². The Hall–Kier alpha value is -1.87. The van der Waals surface area contributed by atoms with Crippen LogP contribution in [0.2, 0.25) is 0 Å². The molecule has 1 aromatic carbocycles. The number of benzene rings is 1. The summed E-state index contributed by atoms with van der Waals surface area (Å²) in [7, 11) is 3.54. The van der Waals surface area contributed by atoms with Crippen LogP contribution in [0.5, 0.6) is 5.75 Å². The number of aliphatic imine (C=N–C) groups is 1. The van der Waals surface area contributed by atoms with Gasteiger partial charge in [-0.15, -0.1) is 24.0 Å². The van der Waals surface area contributed by atoms with Crippen LogP contribution >= 0.6 is 24.0 Å². The van der Waals surface area contributed by atoms with E-state index < -0.39 is 0 Å². The normalized spacial score (nSPS) is 15.4. The van der Waals surface area contributed by atoms with Gasteiger partial charge in [0.1, 0.15) is 5.75 Å². The van der Waals surface area contributed by atoms with Crippen LogP contribution in [0.25, 0.3) is 0 Å². The SMILES string of the molecule is CN=C(NCCc1ccncc1C)NCC(c1cccc(OC)c1)N1CCCC1.I. The lowest BCUT2D eigenvalue weighted by Gasteiger charge is -2.29. The number of likely N-dealkylation sites (tertiary alicyclic amines) is 1. The fourth-order valence-corrected chi connectivity index (χ4v) is 3.87. The summed E-state index contributed by atoms with van der Waals surface area (Å²) in [5, 5.41) is 6.97. The molecular weight excluding hydrogens is 489 g/mol. The third-order valence-corrected chi connectivity index (χ3v) is 5.57. The lowest BCUT2D eigenvalue weighted by molar-refractivity contribution is 0.245. The highest BCUT2D eigenvalue weighted by Gasteiger charge is 2.24. The minimum absolute atomic E-state index is 0. The van der Waals surface area contributed by atoms with E-state index >= 15 is 0 Å². The Morgan fingerprint density at radius 3 is 2.73 bits per heavy atom. The molecule has 2 aromatic rings. The van der Waals surface area contributed by atoms with Crippen LogP contribution in [-0.4, -0.2) is 56.2 Å². The van der Waals surface area contributed by atoms with E-state index in [2.05, 4.69) is 56.7 Å². The minimum atomic E-state index is 0. The maximum atomic E-state index is 5.44. The molecule has 1 aliphatic heterocycles. The number of hydrogen-bond acceptors (Lipinski definition) is 4. The molecule has 1 unspecified atom stereocenters. The summed E-state index contributed by atoms with van der Waals surface area (Å²) in [6, 6.07) is 10.8. The van der Waals surface area contributed by atoms with Gasteiger partial charge in [-0.25, -0.2) is 0 Å². The van der Waals surface area contributed by atoms with Gasteiger partial charge in [0.05, 0.1) is 13.2 Å². The summed E-state index contributed by atoms with van der Waals surface area (Å²) in [5.41, 5.74) is 3.82. The Labute approximate surface area is 197 Å². The summed E-state index contributed by atoms with van der Waals surface area (Å²) in [4.78, 5) is 11.1. The number of methoxy groups -OCH3 is 1. The molecule has 2 heterocycles. The second-order valence-electron chi connectivity index (χ2n) is 7.47. The minimum Gasteiger partial charge on any atom is -0.497 e. The molecule has 0 radical (unpaired) electrons. The second kappa shape index (κ2) is 12.7. The fourth-order valence-electron chi connectivity index (χ4n) is 3.87. The summed E-state index contributed by atoms with van der Waals surface area (Å²) in [5.74, 6) is 1.74. The van der Waals surface area contributed by atoms with Crippen molar-refractivity contribution in [3.63, 3.8) is 0 Å². The average Bonchev–Trinajstić information content (AvgIpc) is 3.28. The van der Waals surface area contributed by atoms with Crippen molar-refractivity contribution in [2.45, 2.75) is 32.2 Å². The molecular formula is C23H34IN5O. The van der Waals surface area contributed by atoms with Crippen LogP contribution < -0.4 is 15.4 Å². The molecule has 1 aromatic heterocycles. The highest BCUT2D eigenvalue weighted by Crippen LogP contribution is 2.27. The average molecular weight is 523 g/mol. The smallest absolute Gasteiger partial charge is 0.191 e. The van der Waals surface area contributed by atoms with Gasteiger partial charge in [-0.3, -0.25) is 14.9 Å². The van der Waals surface area contributed by atoms with Gasteiger partial charge in [-0.1, -0.05) is 12.1 Å². The Bertz CT molecular complexity index is 808. The number of nitrogens with one attached hydrogen (secondary N) is 2. The van der Waals surface area contributed by atoms with Crippen molar-refractivity contribution in [2.75, 3.05) is 40.3 Å². The zero-order chi connectivity index (χ0) is 20.5. The van der Waals surface area contributed by atoms with Crippen molar-refractivity contribution in [3.05, 3.63) is 59.4 Å². The van der Waals surface area contributed by atoms with E-state index in [0.717, 1.165) is 44.3 Å². The fraction of sp³-hybridized carbons (Fsp3) is 0.478. The first-order chi connectivity index (χ1) is 14.2. The van der Waals surface area contributed by atoms with E-state index in [9.17, 15) is 0 Å². The van der Waals surface area contributed by atoms with E-state index in [-0.39, 0.29) is 24.0 Å². The second-order valence-corrected chi connectivity index (χ2v) is 7.47. The molecule has 1 saturated heterocycles. The maximum Gasteiger partial charge on any atom is 0.191 e. The van der Waals surface area contributed by atoms with Gasteiger partial charge < -0.3 is 15.4 Å². The number of aromatic nitrogens is 1. The molecule has 0 saturated carbocycles. The predicted octanol–water partition coefficient (Wildman–Crippen LogP) is 3.56. The Kier molecular flexibility index (Phi) is 10.4. The van der Waals surface area contributed by atoms with Crippen molar-refractivity contribution in [2.24, 2.45) is 4.99 Å². The van der Waals surface area contributed by atoms with Crippen molar-refractivity contribution < 1.29 is 4.74 Å². The van der Waals surface area contributed by atoms with Crippen molar-refractivity contribution >= 4 is 29.9 Å². The van der Waals surface area contributed by atoms with Gasteiger partial charge in [-0.05, 0) is 74.2 Å². The third kappa shape index (κ3) is 6.84. The molecule has 3 rings (SSSR count). The first-order valence-corrected chi connectivity index (χ1v) is 10.4. The lowest BCUT2D eigenvalue weighted by atomic mass is 10.1. The summed E-state index contributed by atoms with van der Waals surface area (Å²) in [6.07, 6.45) is 7.24. The number of halogens is 1. The van der Waals surface area contributed by atoms with Crippen molar-refractivity contribution in [1.82, 2.24) is 20.5 Å². The summed E-state index contributed by atoms with van der Waals surface area (Å²) in [6.45, 7) is 6.01. The first-order valence-electron chi connectivity index (χ1n) is 10.4. The van der Waals surface area contributed by atoms with E-state index in [1.807, 2.05) is 25.5 Å². The Balaban J connectivity index is 0.00000320. The Morgan fingerprint density at radius 2 is 2.03 bits per heavy atom. The zero-order valence-corrected chi connectivity index (χ0v) is 20.6. The molecule has 6 nitrogen and oxygen atoms in total. The molecule has 1 fully saturated rings. The number of hydrogen-bond donors (Lipinski definition) is 2. The first kappa shape index (κ1) is 24.4. The molecule has 7 heteroatoms. The Morgan fingerprint density at radius 1 is 1.23 bits per heavy atom. The van der Waals surface area contributed by atoms with Gasteiger partial charge in [0.25, 0.3) is 0 Å². The van der Waals surface area contributed by atoms with Crippen LogP contribution in [-0.2, 0) is 6.42 Å². The van der Waals surface area contributed by atoms with Crippen LogP contribution in [0.1, 0.15) is 35.6 Å². The largest absolute Gasteiger partial charge is 0.497 e. The van der Waals surface area contributed by atoms with Crippen molar-refractivity contribution in [1.29, 1.82) is 0 Å². The molecule has 0 bridgehead atoms. The van der Waals surface area contributed by atoms with Gasteiger partial charge in [0.15, 0.2) is 5.96 Å². The molecule has 1 aliphatic rings. The third-order valence-electron chi connectivity index (χ3n) is 5.57. The molecule has 0 spiro atoms. The molecule has 164 valence electrons. The number of ether oxygens (including phenoxy) is 1. The summed E-state index contributed by atoms with van der Waals surface area (Å²) >= 11 is 0. The van der Waals surface area contributed by atoms with Gasteiger partial charge >= 0.3 is 0 Å². The van der Waals surface area contributed by atoms with Gasteiger partial charge in [0, 0.05) is 32.5 Å². The number of guanidine groups is 1. The molecule has 30 heavy (non-hydrogen) atoms. The quantitative estimate of drug-likeness (QED) is 0.315. The maximum absolute atomic E-state index is 5.44. The van der Waals surface area contributed by atoms with Gasteiger partial charge in [-0.2, -0.15) is 0 Å². The van der Waals surface area contributed by atoms with E-state index in [4.69, 9.17) is 4.74 Å². The molecule has 0 aliphatic carbocycles. The number of nitrogens with zero attached hydrogens (tertiary/aromatic N) is 3. The van der Waals surface area contributed by atoms with Crippen molar-refractivity contribution in [3.8, 4) is 5.75 Å². The lowest BCUT2D eigenvalue weighted by Crippen LogP contribution is -2.43. The van der Waals surface area contributed by atoms with Crippen LogP contribution in [0.3, 0.4) is 0 Å². The van der Waals surface area contributed by atoms with E-state index in [0.29, 0.717) is 6.04 Å². The van der Waals surface area contributed by atoms with E-state index in [1.54, 1.807) is 7.11 Å².